The fourth-order valence-electron chi connectivity index (χ4n) is 3.35. The Kier molecular flexibility index (Phi) is 4.90. The fraction of sp³-hybridized carbons (Fsp3) is 1.00. The molecule has 2 aliphatic rings. The van der Waals surface area contributed by atoms with E-state index in [0.29, 0.717) is 29.5 Å². The van der Waals surface area contributed by atoms with Crippen LogP contribution >= 0.6 is 0 Å². The SMILES string of the molecule is CCC(C)C1CN(C2CCCS(=O)(=O)C2)C(C)CN1. The van der Waals surface area contributed by atoms with Crippen LogP contribution in [0.25, 0.3) is 0 Å². The Morgan fingerprint density at radius 3 is 2.79 bits per heavy atom. The summed E-state index contributed by atoms with van der Waals surface area (Å²) in [5.74, 6) is 1.40. The van der Waals surface area contributed by atoms with Crippen LogP contribution < -0.4 is 5.32 Å². The second-order valence-electron chi connectivity index (χ2n) is 6.36. The van der Waals surface area contributed by atoms with Gasteiger partial charge in [0.1, 0.15) is 0 Å². The maximum absolute atomic E-state index is 11.8. The Hall–Kier alpha value is -0.130. The van der Waals surface area contributed by atoms with Gasteiger partial charge in [0, 0.05) is 31.2 Å². The second-order valence-corrected chi connectivity index (χ2v) is 8.59. The van der Waals surface area contributed by atoms with E-state index in [9.17, 15) is 8.42 Å². The summed E-state index contributed by atoms with van der Waals surface area (Å²) < 4.78 is 23.7. The third kappa shape index (κ3) is 3.70. The summed E-state index contributed by atoms with van der Waals surface area (Å²) in [6, 6.07) is 1.19. The number of sulfone groups is 1. The maximum atomic E-state index is 11.8. The van der Waals surface area contributed by atoms with Crippen LogP contribution in [0.3, 0.4) is 0 Å². The van der Waals surface area contributed by atoms with Crippen molar-refractivity contribution in [1.82, 2.24) is 10.2 Å². The molecule has 2 aliphatic heterocycles. The summed E-state index contributed by atoms with van der Waals surface area (Å²) in [5, 5.41) is 3.62. The zero-order valence-corrected chi connectivity index (χ0v) is 13.2. The molecule has 0 aromatic carbocycles. The summed E-state index contributed by atoms with van der Waals surface area (Å²) in [4.78, 5) is 2.45. The monoisotopic (exact) mass is 288 g/mol. The highest BCUT2D eigenvalue weighted by atomic mass is 32.2. The lowest BCUT2D eigenvalue weighted by Crippen LogP contribution is -2.61. The van der Waals surface area contributed by atoms with Crippen molar-refractivity contribution in [2.45, 2.75) is 58.2 Å². The Balaban J connectivity index is 2.04. The zero-order valence-electron chi connectivity index (χ0n) is 12.4. The highest BCUT2D eigenvalue weighted by Crippen LogP contribution is 2.23. The lowest BCUT2D eigenvalue weighted by molar-refractivity contribution is 0.0777. The van der Waals surface area contributed by atoms with Gasteiger partial charge in [-0.05, 0) is 25.7 Å². The van der Waals surface area contributed by atoms with E-state index in [1.165, 1.54) is 6.42 Å². The first-order valence-electron chi connectivity index (χ1n) is 7.62. The molecule has 4 unspecified atom stereocenters. The summed E-state index contributed by atoms with van der Waals surface area (Å²) in [6.07, 6.45) is 3.04. The molecule has 112 valence electrons. The summed E-state index contributed by atoms with van der Waals surface area (Å²) >= 11 is 0. The molecular weight excluding hydrogens is 260 g/mol. The molecule has 19 heavy (non-hydrogen) atoms. The minimum absolute atomic E-state index is 0.238. The van der Waals surface area contributed by atoms with Crippen LogP contribution in [0.2, 0.25) is 0 Å². The molecule has 2 fully saturated rings. The molecule has 4 atom stereocenters. The second kappa shape index (κ2) is 6.10. The highest BCUT2D eigenvalue weighted by Gasteiger charge is 2.36. The minimum atomic E-state index is -2.81. The molecule has 0 bridgehead atoms. The van der Waals surface area contributed by atoms with Crippen molar-refractivity contribution in [2.24, 2.45) is 5.92 Å². The maximum Gasteiger partial charge on any atom is 0.151 e. The lowest BCUT2D eigenvalue weighted by atomic mass is 9.94. The van der Waals surface area contributed by atoms with Gasteiger partial charge in [-0.15, -0.1) is 0 Å². The molecule has 0 aromatic heterocycles. The van der Waals surface area contributed by atoms with Crippen molar-refractivity contribution in [3.05, 3.63) is 0 Å². The molecule has 1 N–H and O–H groups in total. The van der Waals surface area contributed by atoms with Gasteiger partial charge in [-0.1, -0.05) is 20.3 Å². The van der Waals surface area contributed by atoms with Crippen molar-refractivity contribution in [3.8, 4) is 0 Å². The number of nitrogens with one attached hydrogen (secondary N) is 1. The molecule has 2 heterocycles. The predicted molar refractivity (Wildman–Crippen MR) is 79.1 cm³/mol. The van der Waals surface area contributed by atoms with Gasteiger partial charge in [0.15, 0.2) is 9.84 Å². The first-order valence-corrected chi connectivity index (χ1v) is 9.44. The molecule has 0 spiro atoms. The van der Waals surface area contributed by atoms with E-state index in [0.717, 1.165) is 25.9 Å². The topological polar surface area (TPSA) is 49.4 Å². The van der Waals surface area contributed by atoms with Crippen molar-refractivity contribution in [3.63, 3.8) is 0 Å². The van der Waals surface area contributed by atoms with E-state index in [-0.39, 0.29) is 6.04 Å². The molecule has 2 saturated heterocycles. The highest BCUT2D eigenvalue weighted by molar-refractivity contribution is 7.91. The molecule has 0 amide bonds. The quantitative estimate of drug-likeness (QED) is 0.850. The Morgan fingerprint density at radius 1 is 1.42 bits per heavy atom. The van der Waals surface area contributed by atoms with Gasteiger partial charge in [-0.3, -0.25) is 4.90 Å². The smallest absolute Gasteiger partial charge is 0.151 e. The number of hydrogen-bond acceptors (Lipinski definition) is 4. The van der Waals surface area contributed by atoms with Crippen LogP contribution in [-0.2, 0) is 9.84 Å². The summed E-state index contributed by atoms with van der Waals surface area (Å²) in [5.41, 5.74) is 0. The largest absolute Gasteiger partial charge is 0.311 e. The van der Waals surface area contributed by atoms with Crippen molar-refractivity contribution in [2.75, 3.05) is 24.6 Å². The van der Waals surface area contributed by atoms with Crippen molar-refractivity contribution in [1.29, 1.82) is 0 Å². The Labute approximate surface area is 117 Å². The van der Waals surface area contributed by atoms with E-state index in [2.05, 4.69) is 31.0 Å². The van der Waals surface area contributed by atoms with E-state index in [1.807, 2.05) is 0 Å². The zero-order chi connectivity index (χ0) is 14.0. The lowest BCUT2D eigenvalue weighted by Gasteiger charge is -2.45. The van der Waals surface area contributed by atoms with Crippen LogP contribution in [0.15, 0.2) is 0 Å². The molecule has 0 radical (unpaired) electrons. The van der Waals surface area contributed by atoms with Gasteiger partial charge in [-0.25, -0.2) is 8.42 Å². The molecule has 0 aliphatic carbocycles. The van der Waals surface area contributed by atoms with Crippen molar-refractivity contribution >= 4 is 9.84 Å². The molecule has 2 rings (SSSR count). The van der Waals surface area contributed by atoms with Gasteiger partial charge in [-0.2, -0.15) is 0 Å². The average molecular weight is 288 g/mol. The van der Waals surface area contributed by atoms with Crippen LogP contribution in [0.1, 0.15) is 40.0 Å². The molecule has 5 heteroatoms. The third-order valence-electron chi connectivity index (χ3n) is 4.89. The van der Waals surface area contributed by atoms with E-state index in [1.54, 1.807) is 0 Å². The first kappa shape index (κ1) is 15.3. The van der Waals surface area contributed by atoms with Gasteiger partial charge in [0.05, 0.1) is 11.5 Å². The minimum Gasteiger partial charge on any atom is -0.311 e. The average Bonchev–Trinajstić information content (AvgIpc) is 2.37. The van der Waals surface area contributed by atoms with Crippen molar-refractivity contribution < 1.29 is 8.42 Å². The van der Waals surface area contributed by atoms with Gasteiger partial charge in [0.25, 0.3) is 0 Å². The standard InChI is InChI=1S/C14H28N2O2S/c1-4-11(2)14-9-16(12(3)8-15-14)13-6-5-7-19(17,18)10-13/h11-15H,4-10H2,1-3H3. The van der Waals surface area contributed by atoms with Crippen LogP contribution in [0, 0.1) is 5.92 Å². The van der Waals surface area contributed by atoms with Crippen LogP contribution in [0.4, 0.5) is 0 Å². The summed E-state index contributed by atoms with van der Waals surface area (Å²) in [7, 11) is -2.81. The number of piperazine rings is 1. The fourth-order valence-corrected chi connectivity index (χ4v) is 5.06. The van der Waals surface area contributed by atoms with Gasteiger partial charge in [0.2, 0.25) is 0 Å². The van der Waals surface area contributed by atoms with Gasteiger partial charge < -0.3 is 5.32 Å². The Morgan fingerprint density at radius 2 is 2.16 bits per heavy atom. The third-order valence-corrected chi connectivity index (χ3v) is 6.69. The van der Waals surface area contributed by atoms with Gasteiger partial charge >= 0.3 is 0 Å². The summed E-state index contributed by atoms with van der Waals surface area (Å²) in [6.45, 7) is 8.69. The van der Waals surface area contributed by atoms with E-state index >= 15 is 0 Å². The molecule has 0 aromatic rings. The van der Waals surface area contributed by atoms with Crippen LogP contribution in [-0.4, -0.2) is 56.0 Å². The normalized spacial score (nSPS) is 37.9. The van der Waals surface area contributed by atoms with E-state index < -0.39 is 9.84 Å². The number of nitrogens with zero attached hydrogens (tertiary/aromatic N) is 1. The van der Waals surface area contributed by atoms with Crippen LogP contribution in [0.5, 0.6) is 0 Å². The van der Waals surface area contributed by atoms with E-state index in [4.69, 9.17) is 0 Å². The number of rotatable bonds is 3. The Bertz CT molecular complexity index is 396. The molecular formula is C14H28N2O2S. The molecule has 0 saturated carbocycles. The number of hydrogen-bond donors (Lipinski definition) is 1. The first-order chi connectivity index (χ1) is 8.93. The predicted octanol–water partition coefficient (Wildman–Crippen LogP) is 1.27. The molecule has 4 nitrogen and oxygen atoms in total.